The highest BCUT2D eigenvalue weighted by Crippen LogP contribution is 2.19. The van der Waals surface area contributed by atoms with Gasteiger partial charge < -0.3 is 4.98 Å². The van der Waals surface area contributed by atoms with Gasteiger partial charge in [-0.3, -0.25) is 14.5 Å². The summed E-state index contributed by atoms with van der Waals surface area (Å²) in [6, 6.07) is 0. The Balaban J connectivity index is 1.92. The van der Waals surface area contributed by atoms with Crippen molar-refractivity contribution >= 4 is 23.6 Å². The lowest BCUT2D eigenvalue weighted by Crippen LogP contribution is -2.28. The minimum atomic E-state index is -0.0888. The molecular weight excluding hydrogens is 202 g/mol. The van der Waals surface area contributed by atoms with Crippen LogP contribution < -0.4 is 0 Å². The summed E-state index contributed by atoms with van der Waals surface area (Å²) in [5.74, 6) is 0.175. The average Bonchev–Trinajstić information content (AvgIpc) is 2.76. The lowest BCUT2D eigenvalue weighted by molar-refractivity contribution is -0.137. The SMILES string of the molecule is O=C1CCC(=O)N1CSc1ncc[nH]1. The second-order valence-electron chi connectivity index (χ2n) is 2.88. The normalized spacial score (nSPS) is 16.7. The van der Waals surface area contributed by atoms with Crippen molar-refractivity contribution in [2.45, 2.75) is 18.0 Å². The van der Waals surface area contributed by atoms with Gasteiger partial charge in [-0.05, 0) is 0 Å². The molecule has 1 aliphatic rings. The van der Waals surface area contributed by atoms with Crippen molar-refractivity contribution in [3.05, 3.63) is 12.4 Å². The molecule has 6 heteroatoms. The summed E-state index contributed by atoms with van der Waals surface area (Å²) in [5.41, 5.74) is 0. The Hall–Kier alpha value is -1.30. The number of carbonyl (C=O) groups is 2. The first-order valence-electron chi connectivity index (χ1n) is 4.23. The van der Waals surface area contributed by atoms with Crippen LogP contribution in [0.3, 0.4) is 0 Å². The Morgan fingerprint density at radius 1 is 1.43 bits per heavy atom. The first-order chi connectivity index (χ1) is 6.77. The van der Waals surface area contributed by atoms with Gasteiger partial charge in [-0.25, -0.2) is 4.98 Å². The van der Waals surface area contributed by atoms with Crippen molar-refractivity contribution in [3.63, 3.8) is 0 Å². The van der Waals surface area contributed by atoms with E-state index in [0.717, 1.165) is 5.16 Å². The van der Waals surface area contributed by atoms with Crippen molar-refractivity contribution in [1.29, 1.82) is 0 Å². The van der Waals surface area contributed by atoms with E-state index in [4.69, 9.17) is 0 Å². The first-order valence-corrected chi connectivity index (χ1v) is 5.21. The van der Waals surface area contributed by atoms with Gasteiger partial charge >= 0.3 is 0 Å². The second kappa shape index (κ2) is 3.83. The number of H-pyrrole nitrogens is 1. The Bertz CT molecular complexity index is 333. The number of imide groups is 1. The third-order valence-electron chi connectivity index (χ3n) is 1.96. The number of imidazole rings is 1. The van der Waals surface area contributed by atoms with Gasteiger partial charge in [0.05, 0.1) is 5.88 Å². The first kappa shape index (κ1) is 9.26. The largest absolute Gasteiger partial charge is 0.340 e. The summed E-state index contributed by atoms with van der Waals surface area (Å²) in [7, 11) is 0. The molecule has 0 radical (unpaired) electrons. The minimum absolute atomic E-state index is 0.0888. The topological polar surface area (TPSA) is 66.1 Å². The second-order valence-corrected chi connectivity index (χ2v) is 3.82. The van der Waals surface area contributed by atoms with Crippen LogP contribution in [0.1, 0.15) is 12.8 Å². The highest BCUT2D eigenvalue weighted by molar-refractivity contribution is 7.99. The van der Waals surface area contributed by atoms with Gasteiger partial charge in [0.15, 0.2) is 5.16 Å². The van der Waals surface area contributed by atoms with E-state index < -0.39 is 0 Å². The van der Waals surface area contributed by atoms with Gasteiger partial charge in [-0.15, -0.1) is 0 Å². The zero-order valence-electron chi connectivity index (χ0n) is 7.40. The molecule has 14 heavy (non-hydrogen) atoms. The molecule has 1 fully saturated rings. The molecule has 1 N–H and O–H groups in total. The van der Waals surface area contributed by atoms with Crippen LogP contribution in [-0.2, 0) is 9.59 Å². The van der Waals surface area contributed by atoms with E-state index in [1.807, 2.05) is 0 Å². The van der Waals surface area contributed by atoms with Crippen molar-refractivity contribution < 1.29 is 9.59 Å². The molecular formula is C8H9N3O2S. The van der Waals surface area contributed by atoms with Crippen LogP contribution in [0.5, 0.6) is 0 Å². The van der Waals surface area contributed by atoms with E-state index >= 15 is 0 Å². The minimum Gasteiger partial charge on any atom is -0.340 e. The number of likely N-dealkylation sites (tertiary alicyclic amines) is 1. The third-order valence-corrected chi connectivity index (χ3v) is 2.84. The van der Waals surface area contributed by atoms with Gasteiger partial charge in [-0.2, -0.15) is 0 Å². The van der Waals surface area contributed by atoms with Crippen molar-refractivity contribution in [2.75, 3.05) is 5.88 Å². The maximum Gasteiger partial charge on any atom is 0.230 e. The van der Waals surface area contributed by atoms with Crippen molar-refractivity contribution in [1.82, 2.24) is 14.9 Å². The molecule has 2 amide bonds. The molecule has 0 bridgehead atoms. The molecule has 0 aromatic carbocycles. The van der Waals surface area contributed by atoms with Gasteiger partial charge in [-0.1, -0.05) is 11.8 Å². The highest BCUT2D eigenvalue weighted by Gasteiger charge is 2.28. The summed E-state index contributed by atoms with van der Waals surface area (Å²) in [5, 5.41) is 0.720. The van der Waals surface area contributed by atoms with Crippen LogP contribution in [0.4, 0.5) is 0 Å². The van der Waals surface area contributed by atoms with E-state index in [1.54, 1.807) is 12.4 Å². The predicted octanol–water partition coefficient (Wildman–Crippen LogP) is 0.608. The Morgan fingerprint density at radius 2 is 2.14 bits per heavy atom. The van der Waals surface area contributed by atoms with Crippen LogP contribution in [-0.4, -0.2) is 32.6 Å². The Labute approximate surface area is 84.9 Å². The van der Waals surface area contributed by atoms with Crippen molar-refractivity contribution in [3.8, 4) is 0 Å². The van der Waals surface area contributed by atoms with Gasteiger partial charge in [0.1, 0.15) is 0 Å². The molecule has 74 valence electrons. The molecule has 1 saturated heterocycles. The quantitative estimate of drug-likeness (QED) is 0.587. The maximum atomic E-state index is 11.2. The number of amides is 2. The van der Waals surface area contributed by atoms with E-state index in [1.165, 1.54) is 16.7 Å². The number of hydrogen-bond donors (Lipinski definition) is 1. The number of aromatic nitrogens is 2. The Kier molecular flexibility index (Phi) is 2.53. The molecule has 2 heterocycles. The summed E-state index contributed by atoms with van der Waals surface area (Å²) in [6.07, 6.45) is 4.03. The third kappa shape index (κ3) is 1.79. The molecule has 1 aromatic heterocycles. The number of hydrogen-bond acceptors (Lipinski definition) is 4. The molecule has 0 saturated carbocycles. The Morgan fingerprint density at radius 3 is 2.71 bits per heavy atom. The summed E-state index contributed by atoms with van der Waals surface area (Å²) in [6.45, 7) is 0. The van der Waals surface area contributed by atoms with E-state index in [-0.39, 0.29) is 11.8 Å². The smallest absolute Gasteiger partial charge is 0.230 e. The number of rotatable bonds is 3. The summed E-state index contributed by atoms with van der Waals surface area (Å²) in [4.78, 5) is 30.6. The van der Waals surface area contributed by atoms with E-state index in [9.17, 15) is 9.59 Å². The number of nitrogens with one attached hydrogen (secondary N) is 1. The number of nitrogens with zero attached hydrogens (tertiary/aromatic N) is 2. The molecule has 0 atom stereocenters. The average molecular weight is 211 g/mol. The molecule has 0 spiro atoms. The van der Waals surface area contributed by atoms with Gasteiger partial charge in [0.2, 0.25) is 11.8 Å². The van der Waals surface area contributed by atoms with Crippen LogP contribution in [0, 0.1) is 0 Å². The molecule has 1 aromatic rings. The highest BCUT2D eigenvalue weighted by atomic mass is 32.2. The van der Waals surface area contributed by atoms with E-state index in [0.29, 0.717) is 18.7 Å². The van der Waals surface area contributed by atoms with Gasteiger partial charge in [0, 0.05) is 25.2 Å². The predicted molar refractivity (Wildman–Crippen MR) is 50.4 cm³/mol. The molecule has 5 nitrogen and oxygen atoms in total. The lowest BCUT2D eigenvalue weighted by Gasteiger charge is -2.11. The van der Waals surface area contributed by atoms with Crippen LogP contribution in [0.2, 0.25) is 0 Å². The molecule has 0 aliphatic carbocycles. The number of aromatic amines is 1. The molecule has 0 unspecified atom stereocenters. The zero-order chi connectivity index (χ0) is 9.97. The summed E-state index contributed by atoms with van der Waals surface area (Å²) < 4.78 is 0. The summed E-state index contributed by atoms with van der Waals surface area (Å²) >= 11 is 1.35. The zero-order valence-corrected chi connectivity index (χ0v) is 8.21. The van der Waals surface area contributed by atoms with Crippen LogP contribution in [0.15, 0.2) is 17.6 Å². The number of thioether (sulfide) groups is 1. The number of carbonyl (C=O) groups excluding carboxylic acids is 2. The van der Waals surface area contributed by atoms with Gasteiger partial charge in [0.25, 0.3) is 0 Å². The lowest BCUT2D eigenvalue weighted by atomic mass is 10.4. The fraction of sp³-hybridized carbons (Fsp3) is 0.375. The fourth-order valence-corrected chi connectivity index (χ4v) is 2.05. The van der Waals surface area contributed by atoms with Crippen LogP contribution in [0.25, 0.3) is 0 Å². The maximum absolute atomic E-state index is 11.2. The standard InChI is InChI=1S/C8H9N3O2S/c12-6-1-2-7(13)11(6)5-14-8-9-3-4-10-8/h3-4H,1-2,5H2,(H,9,10). The fourth-order valence-electron chi connectivity index (χ4n) is 1.22. The van der Waals surface area contributed by atoms with Crippen molar-refractivity contribution in [2.24, 2.45) is 0 Å². The monoisotopic (exact) mass is 211 g/mol. The van der Waals surface area contributed by atoms with E-state index in [2.05, 4.69) is 9.97 Å². The molecule has 2 rings (SSSR count). The van der Waals surface area contributed by atoms with Crippen LogP contribution >= 0.6 is 11.8 Å². The molecule has 1 aliphatic heterocycles.